The summed E-state index contributed by atoms with van der Waals surface area (Å²) < 4.78 is 33.2. The average molecular weight is 331 g/mol. The van der Waals surface area contributed by atoms with Crippen molar-refractivity contribution in [2.24, 2.45) is 0 Å². The maximum absolute atomic E-state index is 13.0. The lowest BCUT2D eigenvalue weighted by atomic mass is 10.2. The zero-order valence-corrected chi connectivity index (χ0v) is 13.5. The Balaban J connectivity index is 2.02. The lowest BCUT2D eigenvalue weighted by Gasteiger charge is -2.36. The van der Waals surface area contributed by atoms with Gasteiger partial charge < -0.3 is 10.5 Å². The van der Waals surface area contributed by atoms with Crippen LogP contribution in [0.2, 0.25) is 5.02 Å². The van der Waals surface area contributed by atoms with Gasteiger partial charge in [-0.3, -0.25) is 0 Å². The summed E-state index contributed by atoms with van der Waals surface area (Å²) in [6.45, 7) is 2.58. The van der Waals surface area contributed by atoms with Gasteiger partial charge in [0.05, 0.1) is 34.4 Å². The van der Waals surface area contributed by atoms with Crippen molar-refractivity contribution in [3.05, 3.63) is 22.7 Å². The van der Waals surface area contributed by atoms with Gasteiger partial charge in [0.2, 0.25) is 10.0 Å². The van der Waals surface area contributed by atoms with E-state index >= 15 is 0 Å². The number of halogens is 1. The van der Waals surface area contributed by atoms with Crippen LogP contribution in [0, 0.1) is 6.92 Å². The number of hydrogen-bond acceptors (Lipinski definition) is 4. The standard InChI is InChI=1S/C14H19ClN2O3S/c1-9-7-10(15)11(16)8-14(9)21(18,19)17-5-6-20-13-4-2-3-12(13)17/h7-8,12-13H,2-6,16H2,1H3. The van der Waals surface area contributed by atoms with Crippen LogP contribution in [0.4, 0.5) is 5.69 Å². The minimum atomic E-state index is -3.57. The maximum atomic E-state index is 13.0. The van der Waals surface area contributed by atoms with Crippen molar-refractivity contribution in [3.63, 3.8) is 0 Å². The number of anilines is 1. The highest BCUT2D eigenvalue weighted by Crippen LogP contribution is 2.35. The number of nitrogen functional groups attached to an aromatic ring is 1. The number of nitrogens with zero attached hydrogens (tertiary/aromatic N) is 1. The SMILES string of the molecule is Cc1cc(Cl)c(N)cc1S(=O)(=O)N1CCOC2CCCC21. The topological polar surface area (TPSA) is 72.6 Å². The second kappa shape index (κ2) is 5.43. The van der Waals surface area contributed by atoms with E-state index in [1.54, 1.807) is 17.3 Å². The van der Waals surface area contributed by atoms with E-state index in [4.69, 9.17) is 22.1 Å². The van der Waals surface area contributed by atoms with Crippen LogP contribution in [0.5, 0.6) is 0 Å². The molecule has 21 heavy (non-hydrogen) atoms. The van der Waals surface area contributed by atoms with Crippen LogP contribution in [-0.4, -0.2) is 38.0 Å². The Morgan fingerprint density at radius 2 is 2.14 bits per heavy atom. The van der Waals surface area contributed by atoms with E-state index in [1.807, 2.05) is 0 Å². The van der Waals surface area contributed by atoms with Crippen LogP contribution in [0.25, 0.3) is 0 Å². The molecule has 0 radical (unpaired) electrons. The molecule has 1 aromatic carbocycles. The maximum Gasteiger partial charge on any atom is 0.243 e. The molecule has 2 aliphatic rings. The minimum absolute atomic E-state index is 0.0264. The molecular formula is C14H19ClN2O3S. The van der Waals surface area contributed by atoms with Gasteiger partial charge >= 0.3 is 0 Å². The van der Waals surface area contributed by atoms with Gasteiger partial charge in [-0.1, -0.05) is 11.6 Å². The molecule has 1 heterocycles. The summed E-state index contributed by atoms with van der Waals surface area (Å²) >= 11 is 5.96. The highest BCUT2D eigenvalue weighted by Gasteiger charge is 2.42. The summed E-state index contributed by atoms with van der Waals surface area (Å²) in [7, 11) is -3.57. The Hall–Kier alpha value is -0.820. The Labute approximate surface area is 130 Å². The fourth-order valence-electron chi connectivity index (χ4n) is 3.26. The fourth-order valence-corrected chi connectivity index (χ4v) is 5.39. The lowest BCUT2D eigenvalue weighted by Crippen LogP contribution is -2.51. The van der Waals surface area contributed by atoms with Gasteiger partial charge in [-0.2, -0.15) is 4.31 Å². The number of aryl methyl sites for hydroxylation is 1. The molecule has 1 aliphatic carbocycles. The van der Waals surface area contributed by atoms with Crippen molar-refractivity contribution in [1.82, 2.24) is 4.31 Å². The number of ether oxygens (including phenoxy) is 1. The van der Waals surface area contributed by atoms with Crippen molar-refractivity contribution >= 4 is 27.3 Å². The Kier molecular flexibility index (Phi) is 3.90. The molecule has 1 aliphatic heterocycles. The first kappa shape index (κ1) is 15.1. The van der Waals surface area contributed by atoms with Gasteiger partial charge in [0.1, 0.15) is 0 Å². The number of nitrogens with two attached hydrogens (primary N) is 1. The molecule has 2 atom stereocenters. The van der Waals surface area contributed by atoms with Crippen molar-refractivity contribution in [1.29, 1.82) is 0 Å². The largest absolute Gasteiger partial charge is 0.397 e. The van der Waals surface area contributed by atoms with E-state index in [-0.39, 0.29) is 22.7 Å². The molecule has 2 N–H and O–H groups in total. The number of hydrogen-bond donors (Lipinski definition) is 1. The molecule has 116 valence electrons. The monoisotopic (exact) mass is 330 g/mol. The molecular weight excluding hydrogens is 312 g/mol. The fraction of sp³-hybridized carbons (Fsp3) is 0.571. The number of benzene rings is 1. The molecule has 5 nitrogen and oxygen atoms in total. The van der Waals surface area contributed by atoms with Crippen LogP contribution < -0.4 is 5.73 Å². The van der Waals surface area contributed by atoms with E-state index in [0.29, 0.717) is 23.7 Å². The van der Waals surface area contributed by atoms with E-state index < -0.39 is 10.0 Å². The molecule has 7 heteroatoms. The summed E-state index contributed by atoms with van der Waals surface area (Å²) in [4.78, 5) is 0.247. The number of rotatable bonds is 2. The van der Waals surface area contributed by atoms with E-state index in [1.165, 1.54) is 6.07 Å². The first-order valence-corrected chi connectivity index (χ1v) is 8.92. The lowest BCUT2D eigenvalue weighted by molar-refractivity contribution is -0.0241. The molecule has 2 unspecified atom stereocenters. The van der Waals surface area contributed by atoms with Crippen LogP contribution >= 0.6 is 11.6 Å². The molecule has 2 fully saturated rings. The summed E-state index contributed by atoms with van der Waals surface area (Å²) in [5.74, 6) is 0. The normalized spacial score (nSPS) is 26.8. The molecule has 1 saturated carbocycles. The summed E-state index contributed by atoms with van der Waals surface area (Å²) in [6.07, 6.45) is 2.81. The van der Waals surface area contributed by atoms with Crippen LogP contribution in [0.15, 0.2) is 17.0 Å². The number of sulfonamides is 1. The summed E-state index contributed by atoms with van der Waals surface area (Å²) in [5, 5.41) is 0.382. The number of fused-ring (bicyclic) bond motifs is 1. The second-order valence-electron chi connectivity index (χ2n) is 5.66. The van der Waals surface area contributed by atoms with Crippen LogP contribution in [0.3, 0.4) is 0 Å². The first-order valence-electron chi connectivity index (χ1n) is 7.10. The Bertz CT molecular complexity index is 662. The molecule has 0 amide bonds. The van der Waals surface area contributed by atoms with Gasteiger partial charge in [0.15, 0.2) is 0 Å². The third kappa shape index (κ3) is 2.54. The van der Waals surface area contributed by atoms with Gasteiger partial charge in [-0.15, -0.1) is 0 Å². The van der Waals surface area contributed by atoms with Crippen molar-refractivity contribution in [3.8, 4) is 0 Å². The van der Waals surface area contributed by atoms with Crippen LogP contribution in [-0.2, 0) is 14.8 Å². The third-order valence-electron chi connectivity index (χ3n) is 4.31. The van der Waals surface area contributed by atoms with Gasteiger partial charge in [0, 0.05) is 6.54 Å². The van der Waals surface area contributed by atoms with Gasteiger partial charge in [0.25, 0.3) is 0 Å². The molecule has 3 rings (SSSR count). The first-order chi connectivity index (χ1) is 9.91. The van der Waals surface area contributed by atoms with Crippen molar-refractivity contribution in [2.45, 2.75) is 43.2 Å². The summed E-state index contributed by atoms with van der Waals surface area (Å²) in [5.41, 5.74) is 6.69. The van der Waals surface area contributed by atoms with Crippen molar-refractivity contribution in [2.75, 3.05) is 18.9 Å². The zero-order chi connectivity index (χ0) is 15.2. The molecule has 0 bridgehead atoms. The third-order valence-corrected chi connectivity index (χ3v) is 6.71. The van der Waals surface area contributed by atoms with Crippen LogP contribution in [0.1, 0.15) is 24.8 Å². The van der Waals surface area contributed by atoms with Crippen molar-refractivity contribution < 1.29 is 13.2 Å². The smallest absolute Gasteiger partial charge is 0.243 e. The quantitative estimate of drug-likeness (QED) is 0.843. The Morgan fingerprint density at radius 3 is 2.90 bits per heavy atom. The predicted octanol–water partition coefficient (Wildman–Crippen LogP) is 2.17. The highest BCUT2D eigenvalue weighted by atomic mass is 35.5. The second-order valence-corrected chi connectivity index (χ2v) is 7.93. The zero-order valence-electron chi connectivity index (χ0n) is 11.9. The highest BCUT2D eigenvalue weighted by molar-refractivity contribution is 7.89. The molecule has 0 spiro atoms. The number of morpholine rings is 1. The molecule has 1 saturated heterocycles. The average Bonchev–Trinajstić information content (AvgIpc) is 2.90. The molecule has 1 aromatic rings. The molecule has 0 aromatic heterocycles. The Morgan fingerprint density at radius 1 is 1.38 bits per heavy atom. The van der Waals surface area contributed by atoms with E-state index in [9.17, 15) is 8.42 Å². The summed E-state index contributed by atoms with van der Waals surface area (Å²) in [6, 6.07) is 3.02. The van der Waals surface area contributed by atoms with E-state index in [2.05, 4.69) is 0 Å². The van der Waals surface area contributed by atoms with E-state index in [0.717, 1.165) is 19.3 Å². The predicted molar refractivity (Wildman–Crippen MR) is 81.9 cm³/mol. The van der Waals surface area contributed by atoms with Gasteiger partial charge in [-0.05, 0) is 43.9 Å². The minimum Gasteiger partial charge on any atom is -0.397 e. The van der Waals surface area contributed by atoms with Gasteiger partial charge in [-0.25, -0.2) is 8.42 Å².